The Hall–Kier alpha value is -7.54. The van der Waals surface area contributed by atoms with E-state index < -0.39 is 0 Å². The van der Waals surface area contributed by atoms with Gasteiger partial charge in [0.1, 0.15) is 0 Å². The molecule has 0 amide bonds. The van der Waals surface area contributed by atoms with Gasteiger partial charge in [-0.05, 0) is 137 Å². The molecule has 0 heteroatoms. The van der Waals surface area contributed by atoms with E-state index in [1.807, 2.05) is 0 Å². The lowest BCUT2D eigenvalue weighted by atomic mass is 9.81. The van der Waals surface area contributed by atoms with Crippen LogP contribution in [0, 0.1) is 0 Å². The van der Waals surface area contributed by atoms with Gasteiger partial charge < -0.3 is 0 Å². The summed E-state index contributed by atoms with van der Waals surface area (Å²) in [5.41, 5.74) is 10.00. The Balaban J connectivity index is 1.12. The Morgan fingerprint density at radius 1 is 0.190 bits per heavy atom. The first-order chi connectivity index (χ1) is 28.8. The largest absolute Gasteiger partial charge is 0.0622 e. The summed E-state index contributed by atoms with van der Waals surface area (Å²) in [7, 11) is 0. The first-order valence-corrected chi connectivity index (χ1v) is 20.3. The molecule has 13 aromatic rings. The van der Waals surface area contributed by atoms with Crippen molar-refractivity contribution in [1.82, 2.24) is 0 Å². The molecule has 0 heterocycles. The molecule has 13 rings (SSSR count). The highest BCUT2D eigenvalue weighted by Gasteiger charge is 2.22. The van der Waals surface area contributed by atoms with Crippen molar-refractivity contribution in [3.8, 4) is 44.5 Å². The Labute approximate surface area is 335 Å². The number of fused-ring (bicyclic) bond motifs is 2. The molecule has 0 aliphatic rings. The van der Waals surface area contributed by atoms with E-state index in [-0.39, 0.29) is 0 Å². The van der Waals surface area contributed by atoms with E-state index in [1.165, 1.54) is 131 Å². The van der Waals surface area contributed by atoms with Crippen molar-refractivity contribution in [1.29, 1.82) is 0 Å². The third kappa shape index (κ3) is 4.40. The summed E-state index contributed by atoms with van der Waals surface area (Å²) in [6.07, 6.45) is 0. The van der Waals surface area contributed by atoms with Crippen molar-refractivity contribution < 1.29 is 0 Å². The Morgan fingerprint density at radius 2 is 0.552 bits per heavy atom. The van der Waals surface area contributed by atoms with Gasteiger partial charge in [-0.1, -0.05) is 200 Å². The van der Waals surface area contributed by atoms with Gasteiger partial charge in [0.15, 0.2) is 0 Å². The molecule has 0 fully saturated rings. The number of benzene rings is 13. The molecule has 58 heavy (non-hydrogen) atoms. The van der Waals surface area contributed by atoms with Crippen molar-refractivity contribution in [2.24, 2.45) is 0 Å². The Morgan fingerprint density at radius 3 is 1.09 bits per heavy atom. The van der Waals surface area contributed by atoms with Crippen LogP contribution in [-0.4, -0.2) is 0 Å². The second kappa shape index (κ2) is 12.0. The number of rotatable bonds is 4. The summed E-state index contributed by atoms with van der Waals surface area (Å²) < 4.78 is 0. The molecule has 0 spiro atoms. The average Bonchev–Trinajstić information content (AvgIpc) is 3.29. The molecule has 0 N–H and O–H groups in total. The minimum atomic E-state index is 1.22. The summed E-state index contributed by atoms with van der Waals surface area (Å²) in [6, 6.07) is 77.3. The van der Waals surface area contributed by atoms with Crippen molar-refractivity contribution in [2.45, 2.75) is 0 Å². The fraction of sp³-hybridized carbons (Fsp3) is 0. The van der Waals surface area contributed by atoms with Crippen molar-refractivity contribution >= 4 is 86.2 Å². The lowest BCUT2D eigenvalue weighted by molar-refractivity contribution is 1.62. The minimum absolute atomic E-state index is 1.22. The van der Waals surface area contributed by atoms with Crippen LogP contribution in [0.25, 0.3) is 131 Å². The second-order valence-corrected chi connectivity index (χ2v) is 15.9. The van der Waals surface area contributed by atoms with Crippen LogP contribution in [0.2, 0.25) is 0 Å². The van der Waals surface area contributed by atoms with Gasteiger partial charge in [0.2, 0.25) is 0 Å². The lowest BCUT2D eigenvalue weighted by Gasteiger charge is -2.21. The van der Waals surface area contributed by atoms with Crippen LogP contribution < -0.4 is 0 Å². The molecule has 0 atom stereocenters. The zero-order chi connectivity index (χ0) is 37.9. The molecule has 266 valence electrons. The summed E-state index contributed by atoms with van der Waals surface area (Å²) in [5, 5.41) is 20.7. The van der Waals surface area contributed by atoms with Crippen LogP contribution in [-0.2, 0) is 0 Å². The average molecular weight is 731 g/mol. The molecule has 0 radical (unpaired) electrons. The summed E-state index contributed by atoms with van der Waals surface area (Å²) in [6.45, 7) is 0. The molecule has 0 nitrogen and oxygen atoms in total. The van der Waals surface area contributed by atoms with E-state index in [2.05, 4.69) is 206 Å². The van der Waals surface area contributed by atoms with E-state index in [9.17, 15) is 0 Å². The standard InChI is InChI=1S/C58H34/c1-2-10-35(11-3-1)56-49-19-7-6-18-44(49)52(48-29-25-41-23-21-37-13-9-15-39-27-31-51(48)58(41)55(37)39)34-53(56)47-33-32-45(42-16-4-5-17-43(42)47)46-28-24-40-22-20-36-12-8-14-38-26-30-50(46)57(40)54(36)38/h1-34H. The molecule has 0 aromatic heterocycles. The van der Waals surface area contributed by atoms with Crippen LogP contribution in [0.5, 0.6) is 0 Å². The van der Waals surface area contributed by atoms with Crippen LogP contribution in [0.4, 0.5) is 0 Å². The topological polar surface area (TPSA) is 0 Å². The highest BCUT2D eigenvalue weighted by atomic mass is 14.2. The van der Waals surface area contributed by atoms with Gasteiger partial charge in [-0.2, -0.15) is 0 Å². The van der Waals surface area contributed by atoms with E-state index in [1.54, 1.807) is 0 Å². The second-order valence-electron chi connectivity index (χ2n) is 15.9. The molecular formula is C58H34. The highest BCUT2D eigenvalue weighted by molar-refractivity contribution is 6.28. The van der Waals surface area contributed by atoms with Gasteiger partial charge in [0.25, 0.3) is 0 Å². The molecule has 0 aliphatic carbocycles. The third-order valence-corrected chi connectivity index (χ3v) is 13.0. The summed E-state index contributed by atoms with van der Waals surface area (Å²) in [4.78, 5) is 0. The van der Waals surface area contributed by atoms with Gasteiger partial charge >= 0.3 is 0 Å². The minimum Gasteiger partial charge on any atom is -0.0622 e. The number of hydrogen-bond donors (Lipinski definition) is 0. The lowest BCUT2D eigenvalue weighted by Crippen LogP contribution is -1.94. The van der Waals surface area contributed by atoms with E-state index in [0.717, 1.165) is 0 Å². The van der Waals surface area contributed by atoms with Gasteiger partial charge in [-0.25, -0.2) is 0 Å². The van der Waals surface area contributed by atoms with Crippen molar-refractivity contribution in [3.63, 3.8) is 0 Å². The maximum Gasteiger partial charge on any atom is -0.00206 e. The molecule has 0 aliphatic heterocycles. The molecule has 0 saturated heterocycles. The van der Waals surface area contributed by atoms with E-state index >= 15 is 0 Å². The molecular weight excluding hydrogens is 697 g/mol. The quantitative estimate of drug-likeness (QED) is 0.158. The summed E-state index contributed by atoms with van der Waals surface area (Å²) in [5.74, 6) is 0. The van der Waals surface area contributed by atoms with Gasteiger partial charge in [-0.15, -0.1) is 0 Å². The smallest absolute Gasteiger partial charge is 0.00206 e. The molecule has 13 aromatic carbocycles. The van der Waals surface area contributed by atoms with Gasteiger partial charge in [-0.3, -0.25) is 0 Å². The van der Waals surface area contributed by atoms with Crippen LogP contribution >= 0.6 is 0 Å². The fourth-order valence-corrected chi connectivity index (χ4v) is 10.4. The van der Waals surface area contributed by atoms with Gasteiger partial charge in [0, 0.05) is 0 Å². The highest BCUT2D eigenvalue weighted by Crippen LogP contribution is 2.49. The zero-order valence-corrected chi connectivity index (χ0v) is 31.6. The molecule has 0 saturated carbocycles. The third-order valence-electron chi connectivity index (χ3n) is 13.0. The molecule has 0 bridgehead atoms. The van der Waals surface area contributed by atoms with Crippen LogP contribution in [0.15, 0.2) is 206 Å². The van der Waals surface area contributed by atoms with Crippen molar-refractivity contribution in [2.75, 3.05) is 0 Å². The fourth-order valence-electron chi connectivity index (χ4n) is 10.4. The molecule has 0 unspecified atom stereocenters. The van der Waals surface area contributed by atoms with E-state index in [0.29, 0.717) is 0 Å². The SMILES string of the molecule is c1ccc(-c2c(-c3ccc(-c4ccc5ccc6cccc7ccc4c5c67)c4ccccc34)cc(-c3ccc4ccc5cccc6ccc3c4c56)c3ccccc23)cc1. The van der Waals surface area contributed by atoms with Crippen molar-refractivity contribution in [3.05, 3.63) is 206 Å². The Bertz CT molecular complexity index is 3740. The number of hydrogen-bond acceptors (Lipinski definition) is 0. The predicted molar refractivity (Wildman–Crippen MR) is 251 cm³/mol. The van der Waals surface area contributed by atoms with E-state index in [4.69, 9.17) is 0 Å². The first kappa shape index (κ1) is 31.6. The maximum atomic E-state index is 2.49. The van der Waals surface area contributed by atoms with Gasteiger partial charge in [0.05, 0.1) is 0 Å². The first-order valence-electron chi connectivity index (χ1n) is 20.3. The monoisotopic (exact) mass is 730 g/mol. The normalized spacial score (nSPS) is 12.1. The van der Waals surface area contributed by atoms with Crippen LogP contribution in [0.1, 0.15) is 0 Å². The van der Waals surface area contributed by atoms with Crippen LogP contribution in [0.3, 0.4) is 0 Å². The maximum absolute atomic E-state index is 2.49. The zero-order valence-electron chi connectivity index (χ0n) is 31.6. The Kier molecular flexibility index (Phi) is 6.54. The predicted octanol–water partition coefficient (Wildman–Crippen LogP) is 16.5. The summed E-state index contributed by atoms with van der Waals surface area (Å²) >= 11 is 0.